The van der Waals surface area contributed by atoms with Gasteiger partial charge in [-0.1, -0.05) is 0 Å². The number of nitrogens with zero attached hydrogens (tertiary/aromatic N) is 5. The predicted octanol–water partition coefficient (Wildman–Crippen LogP) is 3.88. The summed E-state index contributed by atoms with van der Waals surface area (Å²) in [6.07, 6.45) is -3.94. The lowest BCUT2D eigenvalue weighted by Crippen LogP contribution is -2.28. The first-order valence-electron chi connectivity index (χ1n) is 7.84. The second kappa shape index (κ2) is 7.87. The van der Waals surface area contributed by atoms with Crippen molar-refractivity contribution in [1.29, 1.82) is 0 Å². The molecule has 0 fully saturated rings. The van der Waals surface area contributed by atoms with Gasteiger partial charge in [0.2, 0.25) is 5.13 Å². The molecule has 0 unspecified atom stereocenters. The highest BCUT2D eigenvalue weighted by Gasteiger charge is 2.37. The zero-order valence-corrected chi connectivity index (χ0v) is 15.7. The number of ether oxygens (including phenoxy) is 1. The Hall–Kier alpha value is -3.48. The SMILES string of the molecule is COc1ccnc(-c2nsc(Nc3nccc(C(F)(F)F)c3N(C)C(=O)O)n2)c1. The number of amides is 1. The standard InChI is InChI=1S/C16H13F3N6O3S/c1-25(15(26)27)11-9(16(17,18)19)4-6-21-13(11)23-14-22-12(24-29-14)10-7-8(28-2)3-5-20-10/h3-7H,1-2H3,(H,26,27)(H,21,22,23,24). The molecule has 9 nitrogen and oxygen atoms in total. The molecule has 0 atom stereocenters. The number of nitrogens with one attached hydrogen (secondary N) is 1. The number of aromatic nitrogens is 4. The van der Waals surface area contributed by atoms with Crippen molar-refractivity contribution in [2.45, 2.75) is 6.18 Å². The van der Waals surface area contributed by atoms with Gasteiger partial charge in [-0.05, 0) is 12.1 Å². The van der Waals surface area contributed by atoms with Crippen LogP contribution in [0, 0.1) is 0 Å². The van der Waals surface area contributed by atoms with Gasteiger partial charge >= 0.3 is 12.3 Å². The number of methoxy groups -OCH3 is 1. The van der Waals surface area contributed by atoms with Crippen LogP contribution in [-0.4, -0.2) is 44.7 Å². The van der Waals surface area contributed by atoms with Gasteiger partial charge < -0.3 is 15.2 Å². The van der Waals surface area contributed by atoms with E-state index in [0.29, 0.717) is 22.4 Å². The molecular weight excluding hydrogens is 413 g/mol. The Balaban J connectivity index is 1.98. The van der Waals surface area contributed by atoms with Gasteiger partial charge in [0.05, 0.1) is 12.7 Å². The number of carboxylic acid groups (broad SMARTS) is 1. The van der Waals surface area contributed by atoms with Crippen LogP contribution in [0.25, 0.3) is 11.5 Å². The Bertz CT molecular complexity index is 1040. The third-order valence-electron chi connectivity index (χ3n) is 3.70. The first-order chi connectivity index (χ1) is 13.7. The monoisotopic (exact) mass is 426 g/mol. The summed E-state index contributed by atoms with van der Waals surface area (Å²) < 4.78 is 49.3. The Labute approximate surface area is 166 Å². The van der Waals surface area contributed by atoms with Gasteiger partial charge in [0.25, 0.3) is 0 Å². The highest BCUT2D eigenvalue weighted by molar-refractivity contribution is 7.09. The minimum atomic E-state index is -4.78. The lowest BCUT2D eigenvalue weighted by atomic mass is 10.2. The highest BCUT2D eigenvalue weighted by Crippen LogP contribution is 2.40. The molecule has 3 heterocycles. The van der Waals surface area contributed by atoms with Gasteiger partial charge in [-0.15, -0.1) is 0 Å². The molecule has 0 aliphatic carbocycles. The summed E-state index contributed by atoms with van der Waals surface area (Å²) in [6.45, 7) is 0. The number of hydrogen-bond acceptors (Lipinski definition) is 8. The van der Waals surface area contributed by atoms with Crippen LogP contribution in [-0.2, 0) is 6.18 Å². The third-order valence-corrected chi connectivity index (χ3v) is 4.33. The van der Waals surface area contributed by atoms with Crippen molar-refractivity contribution in [3.63, 3.8) is 0 Å². The maximum atomic E-state index is 13.4. The van der Waals surface area contributed by atoms with Crippen LogP contribution < -0.4 is 15.0 Å². The number of rotatable bonds is 5. The van der Waals surface area contributed by atoms with Crippen LogP contribution in [0.1, 0.15) is 5.56 Å². The second-order valence-electron chi connectivity index (χ2n) is 5.52. The molecule has 152 valence electrons. The van der Waals surface area contributed by atoms with Crippen molar-refractivity contribution in [2.75, 3.05) is 24.4 Å². The summed E-state index contributed by atoms with van der Waals surface area (Å²) in [5.74, 6) is 0.423. The van der Waals surface area contributed by atoms with Crippen molar-refractivity contribution in [3.8, 4) is 17.3 Å². The van der Waals surface area contributed by atoms with Crippen molar-refractivity contribution < 1.29 is 27.8 Å². The Morgan fingerprint density at radius 2 is 2.00 bits per heavy atom. The molecule has 0 spiro atoms. The minimum Gasteiger partial charge on any atom is -0.497 e. The fourth-order valence-corrected chi connectivity index (χ4v) is 2.93. The maximum absolute atomic E-state index is 13.4. The van der Waals surface area contributed by atoms with Crippen LogP contribution in [0.2, 0.25) is 0 Å². The molecule has 0 saturated heterocycles. The fourth-order valence-electron chi connectivity index (χ4n) is 2.35. The number of hydrogen-bond donors (Lipinski definition) is 2. The second-order valence-corrected chi connectivity index (χ2v) is 6.28. The van der Waals surface area contributed by atoms with Crippen LogP contribution in [0.15, 0.2) is 30.6 Å². The molecule has 0 saturated carbocycles. The van der Waals surface area contributed by atoms with Gasteiger partial charge in [0.1, 0.15) is 17.1 Å². The molecule has 29 heavy (non-hydrogen) atoms. The molecule has 3 aromatic heterocycles. The maximum Gasteiger partial charge on any atom is 0.418 e. The summed E-state index contributed by atoms with van der Waals surface area (Å²) in [5.41, 5.74) is -1.41. The third kappa shape index (κ3) is 4.34. The quantitative estimate of drug-likeness (QED) is 0.632. The van der Waals surface area contributed by atoms with E-state index in [-0.39, 0.29) is 16.8 Å². The topological polar surface area (TPSA) is 113 Å². The summed E-state index contributed by atoms with van der Waals surface area (Å²) >= 11 is 0.855. The Morgan fingerprint density at radius 1 is 1.28 bits per heavy atom. The van der Waals surface area contributed by atoms with E-state index in [9.17, 15) is 23.1 Å². The smallest absolute Gasteiger partial charge is 0.418 e. The number of anilines is 3. The van der Waals surface area contributed by atoms with E-state index in [0.717, 1.165) is 24.8 Å². The average molecular weight is 426 g/mol. The molecule has 13 heteroatoms. The van der Waals surface area contributed by atoms with E-state index in [1.165, 1.54) is 13.3 Å². The predicted molar refractivity (Wildman–Crippen MR) is 98.6 cm³/mol. The van der Waals surface area contributed by atoms with Gasteiger partial charge in [0.15, 0.2) is 11.6 Å². The lowest BCUT2D eigenvalue weighted by Gasteiger charge is -2.21. The molecule has 0 aliphatic rings. The van der Waals surface area contributed by atoms with E-state index in [1.807, 2.05) is 0 Å². The molecule has 0 bridgehead atoms. The molecule has 0 aromatic carbocycles. The normalized spacial score (nSPS) is 11.2. The van der Waals surface area contributed by atoms with Crippen molar-refractivity contribution >= 4 is 34.3 Å². The van der Waals surface area contributed by atoms with Crippen molar-refractivity contribution in [2.24, 2.45) is 0 Å². The van der Waals surface area contributed by atoms with E-state index in [1.54, 1.807) is 12.1 Å². The van der Waals surface area contributed by atoms with Gasteiger partial charge in [-0.25, -0.2) is 9.78 Å². The first kappa shape index (κ1) is 20.3. The molecule has 2 N–H and O–H groups in total. The van der Waals surface area contributed by atoms with Crippen LogP contribution in [0.3, 0.4) is 0 Å². The molecule has 3 rings (SSSR count). The van der Waals surface area contributed by atoms with Crippen LogP contribution in [0.4, 0.5) is 34.6 Å². The van der Waals surface area contributed by atoms with Crippen LogP contribution in [0.5, 0.6) is 5.75 Å². The van der Waals surface area contributed by atoms with Gasteiger partial charge in [0, 0.05) is 37.0 Å². The summed E-state index contributed by atoms with van der Waals surface area (Å²) in [7, 11) is 2.48. The average Bonchev–Trinajstić information content (AvgIpc) is 3.15. The summed E-state index contributed by atoms with van der Waals surface area (Å²) in [4.78, 5) is 23.9. The Kier molecular flexibility index (Phi) is 5.50. The molecule has 3 aromatic rings. The summed E-state index contributed by atoms with van der Waals surface area (Å²) in [5, 5.41) is 11.9. The number of carbonyl (C=O) groups is 1. The number of alkyl halides is 3. The molecule has 0 radical (unpaired) electrons. The van der Waals surface area contributed by atoms with Gasteiger partial charge in [-0.3, -0.25) is 9.88 Å². The van der Waals surface area contributed by atoms with E-state index >= 15 is 0 Å². The highest BCUT2D eigenvalue weighted by atomic mass is 32.1. The van der Waals surface area contributed by atoms with Crippen molar-refractivity contribution in [1.82, 2.24) is 19.3 Å². The zero-order chi connectivity index (χ0) is 21.2. The number of pyridine rings is 2. The molecule has 1 amide bonds. The first-order valence-corrected chi connectivity index (χ1v) is 8.62. The van der Waals surface area contributed by atoms with Crippen molar-refractivity contribution in [3.05, 3.63) is 36.2 Å². The van der Waals surface area contributed by atoms with Gasteiger partial charge in [-0.2, -0.15) is 22.5 Å². The molecular formula is C16H13F3N6O3S. The number of halogens is 3. The van der Waals surface area contributed by atoms with E-state index in [2.05, 4.69) is 24.6 Å². The van der Waals surface area contributed by atoms with E-state index in [4.69, 9.17) is 4.74 Å². The van der Waals surface area contributed by atoms with Crippen LogP contribution >= 0.6 is 11.5 Å². The lowest BCUT2D eigenvalue weighted by molar-refractivity contribution is -0.137. The zero-order valence-electron chi connectivity index (χ0n) is 14.9. The fraction of sp³-hybridized carbons (Fsp3) is 0.188. The van der Waals surface area contributed by atoms with E-state index < -0.39 is 23.5 Å². The minimum absolute atomic E-state index is 0.108. The largest absolute Gasteiger partial charge is 0.497 e. The molecule has 0 aliphatic heterocycles. The Morgan fingerprint density at radius 3 is 2.66 bits per heavy atom. The summed E-state index contributed by atoms with van der Waals surface area (Å²) in [6, 6.07) is 3.93.